The minimum Gasteiger partial charge on any atom is -0.382 e. The molecule has 1 saturated heterocycles. The monoisotopic (exact) mass is 504 g/mol. The van der Waals surface area contributed by atoms with Crippen LogP contribution >= 0.6 is 11.5 Å². The van der Waals surface area contributed by atoms with Crippen LogP contribution in [0.4, 0.5) is 10.9 Å². The van der Waals surface area contributed by atoms with Crippen molar-refractivity contribution in [3.05, 3.63) is 53.9 Å². The highest BCUT2D eigenvalue weighted by Crippen LogP contribution is 2.34. The molecule has 4 heterocycles. The summed E-state index contributed by atoms with van der Waals surface area (Å²) in [4.78, 5) is 40.5. The van der Waals surface area contributed by atoms with Gasteiger partial charge in [0.2, 0.25) is 11.0 Å². The third kappa shape index (κ3) is 4.53. The number of aryl methyl sites for hydroxylation is 1. The van der Waals surface area contributed by atoms with Crippen LogP contribution in [-0.4, -0.2) is 53.5 Å². The second-order valence-electron chi connectivity index (χ2n) is 8.78. The van der Waals surface area contributed by atoms with Crippen molar-refractivity contribution < 1.29 is 9.59 Å². The van der Waals surface area contributed by atoms with E-state index < -0.39 is 0 Å². The number of likely N-dealkylation sites (tertiary alicyclic amines) is 1. The van der Waals surface area contributed by atoms with Gasteiger partial charge in [-0.15, -0.1) is 0 Å². The van der Waals surface area contributed by atoms with Crippen LogP contribution in [-0.2, 0) is 11.2 Å². The van der Waals surface area contributed by atoms with E-state index in [0.717, 1.165) is 36.3 Å². The van der Waals surface area contributed by atoms with Crippen molar-refractivity contribution in [1.82, 2.24) is 28.6 Å². The first-order valence-electron chi connectivity index (χ1n) is 12.1. The number of nitrogen functional groups attached to an aromatic ring is 1. The van der Waals surface area contributed by atoms with E-state index in [0.29, 0.717) is 47.4 Å². The number of benzene rings is 1. The Morgan fingerprint density at radius 2 is 2.00 bits per heavy atom. The standard InChI is InChI=1S/C25H28N8O2S/c1-3-18-28-25(36-31-18)30-24(35)16-9-7-15(8-10-16)20-21-22(26)27-11-13-33(21)23(29-20)17-6-5-12-32(14-17)19(34)4-2/h7-11,13,17H,3-6,12,14H2,1-2H3,(H2,26,27)(H,28,30,31,35). The molecule has 0 radical (unpaired) electrons. The molecule has 5 rings (SSSR count). The number of nitrogens with zero attached hydrogens (tertiary/aromatic N) is 6. The molecule has 1 aliphatic rings. The number of amides is 2. The zero-order valence-electron chi connectivity index (χ0n) is 20.3. The van der Waals surface area contributed by atoms with Gasteiger partial charge in [-0.25, -0.2) is 15.0 Å². The van der Waals surface area contributed by atoms with Crippen molar-refractivity contribution in [2.24, 2.45) is 0 Å². The van der Waals surface area contributed by atoms with E-state index in [1.807, 2.05) is 41.5 Å². The molecule has 0 aliphatic carbocycles. The first kappa shape index (κ1) is 23.9. The van der Waals surface area contributed by atoms with E-state index in [-0.39, 0.29) is 17.7 Å². The van der Waals surface area contributed by atoms with Gasteiger partial charge in [0.1, 0.15) is 28.7 Å². The molecule has 0 saturated carbocycles. The molecule has 1 aromatic carbocycles. The topological polar surface area (TPSA) is 131 Å². The van der Waals surface area contributed by atoms with Gasteiger partial charge in [-0.05, 0) is 25.0 Å². The zero-order valence-corrected chi connectivity index (χ0v) is 21.1. The lowest BCUT2D eigenvalue weighted by Crippen LogP contribution is -2.39. The van der Waals surface area contributed by atoms with Crippen LogP contribution in [0.3, 0.4) is 0 Å². The second-order valence-corrected chi connectivity index (χ2v) is 9.53. The highest BCUT2D eigenvalue weighted by Gasteiger charge is 2.28. The van der Waals surface area contributed by atoms with Crippen molar-refractivity contribution in [1.29, 1.82) is 0 Å². The Kier molecular flexibility index (Phi) is 6.64. The Morgan fingerprint density at radius 1 is 1.19 bits per heavy atom. The van der Waals surface area contributed by atoms with E-state index in [9.17, 15) is 9.59 Å². The number of hydrogen-bond acceptors (Lipinski definition) is 8. The van der Waals surface area contributed by atoms with E-state index >= 15 is 0 Å². The number of nitrogens with one attached hydrogen (secondary N) is 1. The molecule has 36 heavy (non-hydrogen) atoms. The summed E-state index contributed by atoms with van der Waals surface area (Å²) in [5, 5.41) is 3.28. The van der Waals surface area contributed by atoms with E-state index in [1.54, 1.807) is 18.3 Å². The molecular weight excluding hydrogens is 476 g/mol. The van der Waals surface area contributed by atoms with Crippen LogP contribution in [0, 0.1) is 0 Å². The molecule has 3 aromatic heterocycles. The lowest BCUT2D eigenvalue weighted by atomic mass is 9.97. The Hall–Kier alpha value is -3.86. The molecule has 3 N–H and O–H groups in total. The molecule has 4 aromatic rings. The summed E-state index contributed by atoms with van der Waals surface area (Å²) in [5.41, 5.74) is 9.07. The lowest BCUT2D eigenvalue weighted by molar-refractivity contribution is -0.132. The van der Waals surface area contributed by atoms with Gasteiger partial charge in [0.25, 0.3) is 5.91 Å². The Labute approximate surface area is 212 Å². The summed E-state index contributed by atoms with van der Waals surface area (Å²) in [7, 11) is 0. The smallest absolute Gasteiger partial charge is 0.257 e. The van der Waals surface area contributed by atoms with Gasteiger partial charge in [-0.3, -0.25) is 19.3 Å². The zero-order chi connectivity index (χ0) is 25.2. The molecule has 1 atom stereocenters. The number of carbonyl (C=O) groups excluding carboxylic acids is 2. The minimum atomic E-state index is -0.250. The van der Waals surface area contributed by atoms with Gasteiger partial charge >= 0.3 is 0 Å². The average molecular weight is 505 g/mol. The van der Waals surface area contributed by atoms with Crippen LogP contribution in [0.5, 0.6) is 0 Å². The van der Waals surface area contributed by atoms with Crippen LogP contribution in [0.1, 0.15) is 61.0 Å². The molecule has 1 unspecified atom stereocenters. The van der Waals surface area contributed by atoms with Gasteiger partial charge in [0.15, 0.2) is 0 Å². The van der Waals surface area contributed by atoms with Crippen LogP contribution in [0.15, 0.2) is 36.7 Å². The number of piperidine rings is 1. The predicted molar refractivity (Wildman–Crippen MR) is 139 cm³/mol. The molecule has 186 valence electrons. The first-order chi connectivity index (χ1) is 17.5. The summed E-state index contributed by atoms with van der Waals surface area (Å²) in [5.74, 6) is 1.97. The van der Waals surface area contributed by atoms with Crippen molar-refractivity contribution >= 4 is 39.8 Å². The van der Waals surface area contributed by atoms with Gasteiger partial charge in [-0.2, -0.15) is 4.37 Å². The maximum Gasteiger partial charge on any atom is 0.257 e. The van der Waals surface area contributed by atoms with E-state index in [4.69, 9.17) is 10.7 Å². The number of nitrogens with two attached hydrogens (primary N) is 1. The van der Waals surface area contributed by atoms with Crippen molar-refractivity contribution in [3.8, 4) is 11.3 Å². The molecule has 1 aliphatic heterocycles. The third-order valence-electron chi connectivity index (χ3n) is 6.48. The van der Waals surface area contributed by atoms with Gasteiger partial charge < -0.3 is 10.6 Å². The van der Waals surface area contributed by atoms with Crippen molar-refractivity contribution in [2.45, 2.75) is 45.4 Å². The minimum absolute atomic E-state index is 0.0993. The molecule has 11 heteroatoms. The summed E-state index contributed by atoms with van der Waals surface area (Å²) >= 11 is 1.17. The number of rotatable bonds is 6. The molecule has 10 nitrogen and oxygen atoms in total. The van der Waals surface area contributed by atoms with E-state index in [2.05, 4.69) is 19.7 Å². The first-order valence-corrected chi connectivity index (χ1v) is 12.9. The quantitative estimate of drug-likeness (QED) is 0.409. The van der Waals surface area contributed by atoms with Crippen LogP contribution < -0.4 is 11.1 Å². The largest absolute Gasteiger partial charge is 0.382 e. The number of imidazole rings is 1. The van der Waals surface area contributed by atoms with Crippen molar-refractivity contribution in [2.75, 3.05) is 24.1 Å². The fourth-order valence-corrected chi connectivity index (χ4v) is 5.26. The van der Waals surface area contributed by atoms with Gasteiger partial charge in [0.05, 0.1) is 0 Å². The van der Waals surface area contributed by atoms with Gasteiger partial charge in [-0.1, -0.05) is 26.0 Å². The van der Waals surface area contributed by atoms with Crippen LogP contribution in [0.25, 0.3) is 16.8 Å². The SMILES string of the molecule is CCC(=O)N1CCCC(c2nc(-c3ccc(C(=O)Nc4nc(CC)ns4)cc3)c3c(N)nccn23)C1. The highest BCUT2D eigenvalue weighted by molar-refractivity contribution is 7.09. The highest BCUT2D eigenvalue weighted by atomic mass is 32.1. The van der Waals surface area contributed by atoms with Gasteiger partial charge in [0, 0.05) is 66.9 Å². The predicted octanol–water partition coefficient (Wildman–Crippen LogP) is 3.76. The fourth-order valence-electron chi connectivity index (χ4n) is 4.61. The molecule has 2 amide bonds. The maximum atomic E-state index is 12.7. The third-order valence-corrected chi connectivity index (χ3v) is 7.15. The summed E-state index contributed by atoms with van der Waals surface area (Å²) in [6, 6.07) is 7.23. The Bertz CT molecular complexity index is 1410. The van der Waals surface area contributed by atoms with Crippen LogP contribution in [0.2, 0.25) is 0 Å². The normalized spacial score (nSPS) is 15.8. The number of anilines is 2. The number of carbonyl (C=O) groups is 2. The molecule has 0 bridgehead atoms. The second kappa shape index (κ2) is 10.0. The average Bonchev–Trinajstić information content (AvgIpc) is 3.53. The number of hydrogen-bond donors (Lipinski definition) is 2. The van der Waals surface area contributed by atoms with E-state index in [1.165, 1.54) is 11.5 Å². The Balaban J connectivity index is 1.44. The Morgan fingerprint density at radius 3 is 2.72 bits per heavy atom. The number of fused-ring (bicyclic) bond motifs is 1. The van der Waals surface area contributed by atoms with Crippen molar-refractivity contribution in [3.63, 3.8) is 0 Å². The maximum absolute atomic E-state index is 12.7. The lowest BCUT2D eigenvalue weighted by Gasteiger charge is -2.32. The summed E-state index contributed by atoms with van der Waals surface area (Å²) < 4.78 is 6.19. The molecule has 0 spiro atoms. The molecule has 1 fully saturated rings. The number of aromatic nitrogens is 5. The molecular formula is C25H28N8O2S. The fraction of sp³-hybridized carbons (Fsp3) is 0.360. The summed E-state index contributed by atoms with van der Waals surface area (Å²) in [6.07, 6.45) is 6.62. The summed E-state index contributed by atoms with van der Waals surface area (Å²) in [6.45, 7) is 5.28.